The molecule has 7 heteroatoms. The van der Waals surface area contributed by atoms with Crippen molar-refractivity contribution in [3.05, 3.63) is 58.5 Å². The molecule has 2 aromatic heterocycles. The summed E-state index contributed by atoms with van der Waals surface area (Å²) in [6, 6.07) is 9.49. The second-order valence-corrected chi connectivity index (χ2v) is 6.21. The smallest absolute Gasteiger partial charge is 0.286 e. The highest BCUT2D eigenvalue weighted by Gasteiger charge is 2.30. The summed E-state index contributed by atoms with van der Waals surface area (Å²) in [5.74, 6) is 0. The number of hydrogen-bond donors (Lipinski definition) is 0. The predicted octanol–water partition coefficient (Wildman–Crippen LogP) is 3.90. The van der Waals surface area contributed by atoms with Gasteiger partial charge in [-0.05, 0) is 36.6 Å². The molecular formula is C18H14F3N3O. The Labute approximate surface area is 141 Å². The molecule has 25 heavy (non-hydrogen) atoms. The number of hydrogen-bond acceptors (Lipinski definition) is 3. The van der Waals surface area contributed by atoms with E-state index in [9.17, 15) is 18.0 Å². The zero-order valence-electron chi connectivity index (χ0n) is 13.1. The van der Waals surface area contributed by atoms with Gasteiger partial charge in [-0.25, -0.2) is 9.97 Å². The lowest BCUT2D eigenvalue weighted by Gasteiger charge is -2.11. The summed E-state index contributed by atoms with van der Waals surface area (Å²) in [7, 11) is 0. The fourth-order valence-electron chi connectivity index (χ4n) is 2.96. The van der Waals surface area contributed by atoms with E-state index in [1.807, 2.05) is 0 Å². The Morgan fingerprint density at radius 2 is 1.96 bits per heavy atom. The fraction of sp³-hybridized carbons (Fsp3) is 0.278. The van der Waals surface area contributed by atoms with E-state index in [2.05, 4.69) is 9.97 Å². The zero-order valence-corrected chi connectivity index (χ0v) is 13.1. The van der Waals surface area contributed by atoms with Crippen molar-refractivity contribution in [2.75, 3.05) is 0 Å². The van der Waals surface area contributed by atoms with Crippen molar-refractivity contribution in [3.63, 3.8) is 0 Å². The molecule has 0 unspecified atom stereocenters. The number of alkyl halides is 3. The van der Waals surface area contributed by atoms with Crippen molar-refractivity contribution in [2.24, 2.45) is 0 Å². The van der Waals surface area contributed by atoms with Gasteiger partial charge in [-0.3, -0.25) is 9.36 Å². The van der Waals surface area contributed by atoms with Gasteiger partial charge < -0.3 is 0 Å². The largest absolute Gasteiger partial charge is 0.393 e. The average molecular weight is 345 g/mol. The van der Waals surface area contributed by atoms with Gasteiger partial charge in [-0.15, -0.1) is 0 Å². The van der Waals surface area contributed by atoms with Gasteiger partial charge in [-0.2, -0.15) is 13.2 Å². The Morgan fingerprint density at radius 1 is 1.16 bits per heavy atom. The van der Waals surface area contributed by atoms with E-state index < -0.39 is 12.6 Å². The molecule has 1 saturated carbocycles. The molecule has 1 fully saturated rings. The maximum Gasteiger partial charge on any atom is 0.393 e. The molecule has 128 valence electrons. The number of fused-ring (bicyclic) bond motifs is 1. The molecule has 1 aromatic carbocycles. The molecule has 0 bridgehead atoms. The molecule has 0 saturated heterocycles. The third-order valence-electron chi connectivity index (χ3n) is 4.16. The lowest BCUT2D eigenvalue weighted by atomic mass is 10.1. The van der Waals surface area contributed by atoms with Gasteiger partial charge in [-0.1, -0.05) is 18.2 Å². The fourth-order valence-corrected chi connectivity index (χ4v) is 2.96. The van der Waals surface area contributed by atoms with Crippen molar-refractivity contribution in [3.8, 4) is 11.3 Å². The Balaban J connectivity index is 1.89. The highest BCUT2D eigenvalue weighted by Crippen LogP contribution is 2.35. The molecule has 0 spiro atoms. The summed E-state index contributed by atoms with van der Waals surface area (Å²) in [4.78, 5) is 21.5. The Kier molecular flexibility index (Phi) is 3.59. The van der Waals surface area contributed by atoms with E-state index in [1.54, 1.807) is 29.0 Å². The van der Waals surface area contributed by atoms with Gasteiger partial charge >= 0.3 is 6.18 Å². The van der Waals surface area contributed by atoms with Gasteiger partial charge in [0.15, 0.2) is 5.65 Å². The van der Waals surface area contributed by atoms with Crippen molar-refractivity contribution in [2.45, 2.75) is 31.5 Å². The first-order chi connectivity index (χ1) is 11.9. The summed E-state index contributed by atoms with van der Waals surface area (Å²) in [5, 5.41) is 0. The van der Waals surface area contributed by atoms with E-state index in [0.29, 0.717) is 16.7 Å². The van der Waals surface area contributed by atoms with Gasteiger partial charge in [0.25, 0.3) is 5.56 Å². The number of pyridine rings is 1. The monoisotopic (exact) mass is 345 g/mol. The van der Waals surface area contributed by atoms with Crippen LogP contribution < -0.4 is 5.56 Å². The molecule has 0 aliphatic heterocycles. The lowest BCUT2D eigenvalue weighted by Crippen LogP contribution is -2.23. The van der Waals surface area contributed by atoms with Crippen LogP contribution in [-0.4, -0.2) is 20.7 Å². The lowest BCUT2D eigenvalue weighted by molar-refractivity contribution is -0.127. The van der Waals surface area contributed by atoms with E-state index >= 15 is 0 Å². The Morgan fingerprint density at radius 3 is 2.68 bits per heavy atom. The number of benzene rings is 1. The minimum Gasteiger partial charge on any atom is -0.286 e. The van der Waals surface area contributed by atoms with Gasteiger partial charge in [0.1, 0.15) is 11.2 Å². The van der Waals surface area contributed by atoms with Crippen molar-refractivity contribution in [1.29, 1.82) is 0 Å². The quantitative estimate of drug-likeness (QED) is 0.723. The van der Waals surface area contributed by atoms with E-state index in [4.69, 9.17) is 0 Å². The van der Waals surface area contributed by atoms with Crippen molar-refractivity contribution < 1.29 is 13.2 Å². The maximum atomic E-state index is 12.9. The third-order valence-corrected chi connectivity index (χ3v) is 4.16. The first kappa shape index (κ1) is 15.8. The van der Waals surface area contributed by atoms with Crippen molar-refractivity contribution in [1.82, 2.24) is 14.5 Å². The molecule has 1 aliphatic carbocycles. The standard InChI is InChI=1S/C18H14F3N3O/c19-18(20,21)10-11-3-1-4-12(9-11)15-17(25)24(13-6-7-13)16-14(23-15)5-2-8-22-16/h1-5,8-9,13H,6-7,10H2. The minimum absolute atomic E-state index is 0.0880. The summed E-state index contributed by atoms with van der Waals surface area (Å²) in [5.41, 5.74) is 1.44. The highest BCUT2D eigenvalue weighted by atomic mass is 19.4. The topological polar surface area (TPSA) is 47.8 Å². The van der Waals surface area contributed by atoms with Gasteiger partial charge in [0.2, 0.25) is 0 Å². The van der Waals surface area contributed by atoms with Crippen LogP contribution >= 0.6 is 0 Å². The Hall–Kier alpha value is -2.70. The van der Waals surface area contributed by atoms with E-state index in [0.717, 1.165) is 12.8 Å². The molecule has 0 amide bonds. The molecular weight excluding hydrogens is 331 g/mol. The number of rotatable bonds is 3. The van der Waals surface area contributed by atoms with Gasteiger partial charge in [0.05, 0.1) is 6.42 Å². The molecule has 1 aliphatic rings. The normalized spacial score (nSPS) is 14.8. The maximum absolute atomic E-state index is 12.9. The second kappa shape index (κ2) is 5.68. The highest BCUT2D eigenvalue weighted by molar-refractivity contribution is 5.74. The minimum atomic E-state index is -4.30. The average Bonchev–Trinajstić information content (AvgIpc) is 3.37. The third kappa shape index (κ3) is 3.14. The van der Waals surface area contributed by atoms with Gasteiger partial charge in [0, 0.05) is 17.8 Å². The summed E-state index contributed by atoms with van der Waals surface area (Å²) in [6.07, 6.45) is -1.95. The Bertz CT molecular complexity index is 1010. The van der Waals surface area contributed by atoms with Crippen LogP contribution in [0.2, 0.25) is 0 Å². The molecule has 0 radical (unpaired) electrons. The summed E-state index contributed by atoms with van der Waals surface area (Å²) in [6.45, 7) is 0. The number of nitrogens with zero attached hydrogens (tertiary/aromatic N) is 3. The van der Waals surface area contributed by atoms with E-state index in [1.165, 1.54) is 18.2 Å². The summed E-state index contributed by atoms with van der Waals surface area (Å²) < 4.78 is 39.6. The number of aromatic nitrogens is 3. The second-order valence-electron chi connectivity index (χ2n) is 6.21. The molecule has 2 heterocycles. The van der Waals surface area contributed by atoms with Crippen LogP contribution in [0.25, 0.3) is 22.4 Å². The van der Waals surface area contributed by atoms with Crippen LogP contribution in [0.3, 0.4) is 0 Å². The van der Waals surface area contributed by atoms with Crippen LogP contribution in [0.1, 0.15) is 24.4 Å². The molecule has 4 nitrogen and oxygen atoms in total. The van der Waals surface area contributed by atoms with Crippen molar-refractivity contribution >= 4 is 11.2 Å². The zero-order chi connectivity index (χ0) is 17.6. The summed E-state index contributed by atoms with van der Waals surface area (Å²) >= 11 is 0. The SMILES string of the molecule is O=c1c(-c2cccc(CC(F)(F)F)c2)nc2cccnc2n1C1CC1. The first-order valence-electron chi connectivity index (χ1n) is 7.96. The van der Waals surface area contributed by atoms with Crippen LogP contribution in [0.5, 0.6) is 0 Å². The van der Waals surface area contributed by atoms with E-state index in [-0.39, 0.29) is 22.9 Å². The molecule has 0 atom stereocenters. The number of halogens is 3. The van der Waals surface area contributed by atoms with Crippen LogP contribution in [0.4, 0.5) is 13.2 Å². The molecule has 4 rings (SSSR count). The van der Waals surface area contributed by atoms with Crippen LogP contribution in [0, 0.1) is 0 Å². The first-order valence-corrected chi connectivity index (χ1v) is 7.96. The molecule has 3 aromatic rings. The predicted molar refractivity (Wildman–Crippen MR) is 87.3 cm³/mol. The van der Waals surface area contributed by atoms with Crippen LogP contribution in [0.15, 0.2) is 47.4 Å². The van der Waals surface area contributed by atoms with Crippen LogP contribution in [-0.2, 0) is 6.42 Å². The molecule has 0 N–H and O–H groups in total.